The monoisotopic (exact) mass is 231 g/mol. The van der Waals surface area contributed by atoms with Crippen molar-refractivity contribution >= 4 is 11.3 Å². The molecule has 0 amide bonds. The number of rotatable bonds is 3. The van der Waals surface area contributed by atoms with Crippen LogP contribution in [-0.2, 0) is 6.54 Å². The molecule has 0 atom stereocenters. The normalized spacial score (nSPS) is 10.6. The van der Waals surface area contributed by atoms with Crippen LogP contribution in [0.4, 0.5) is 0 Å². The smallest absolute Gasteiger partial charge is 0.120 e. The summed E-state index contributed by atoms with van der Waals surface area (Å²) in [6, 6.07) is 6.17. The number of aromatic nitrogens is 2. The molecule has 0 aliphatic heterocycles. The Morgan fingerprint density at radius 2 is 2.38 bits per heavy atom. The van der Waals surface area contributed by atoms with Gasteiger partial charge in [0.15, 0.2) is 0 Å². The maximum atomic E-state index is 9.07. The predicted octanol–water partition coefficient (Wildman–Crippen LogP) is 3.14. The summed E-state index contributed by atoms with van der Waals surface area (Å²) in [7, 11) is 0. The van der Waals surface area contributed by atoms with Crippen molar-refractivity contribution in [2.45, 2.75) is 20.4 Å². The minimum Gasteiger partial charge on any atom is -0.270 e. The summed E-state index contributed by atoms with van der Waals surface area (Å²) in [6.07, 6.45) is 1.83. The van der Waals surface area contributed by atoms with Crippen molar-refractivity contribution in [1.82, 2.24) is 9.78 Å². The molecular formula is C12H13N3S. The van der Waals surface area contributed by atoms with Crippen LogP contribution < -0.4 is 0 Å². The van der Waals surface area contributed by atoms with E-state index in [9.17, 15) is 0 Å². The first-order valence-corrected chi connectivity index (χ1v) is 6.10. The van der Waals surface area contributed by atoms with Gasteiger partial charge in [0.25, 0.3) is 0 Å². The lowest BCUT2D eigenvalue weighted by atomic mass is 10.2. The highest BCUT2D eigenvalue weighted by molar-refractivity contribution is 7.13. The van der Waals surface area contributed by atoms with E-state index in [0.717, 1.165) is 17.1 Å². The van der Waals surface area contributed by atoms with Gasteiger partial charge in [-0.25, -0.2) is 0 Å². The molecule has 2 aromatic heterocycles. The molecule has 0 aromatic carbocycles. The molecule has 0 saturated carbocycles. The zero-order valence-corrected chi connectivity index (χ0v) is 10.2. The molecule has 0 N–H and O–H groups in total. The van der Waals surface area contributed by atoms with E-state index in [4.69, 9.17) is 5.26 Å². The molecule has 0 spiro atoms. The van der Waals surface area contributed by atoms with Crippen molar-refractivity contribution in [3.8, 4) is 16.6 Å². The summed E-state index contributed by atoms with van der Waals surface area (Å²) in [5.74, 6) is 0.530. The minimum absolute atomic E-state index is 0.530. The summed E-state index contributed by atoms with van der Waals surface area (Å²) in [5.41, 5.74) is 1.46. The number of hydrogen-bond acceptors (Lipinski definition) is 3. The van der Waals surface area contributed by atoms with Crippen molar-refractivity contribution < 1.29 is 0 Å². The molecule has 0 bridgehead atoms. The molecule has 0 radical (unpaired) electrons. The third-order valence-electron chi connectivity index (χ3n) is 2.19. The maximum absolute atomic E-state index is 9.07. The quantitative estimate of drug-likeness (QED) is 0.814. The highest BCUT2D eigenvalue weighted by atomic mass is 32.1. The Labute approximate surface area is 99.0 Å². The Hall–Kier alpha value is -1.60. The van der Waals surface area contributed by atoms with Gasteiger partial charge in [-0.2, -0.15) is 10.4 Å². The Bertz CT molecular complexity index is 503. The molecule has 0 saturated heterocycles. The summed E-state index contributed by atoms with van der Waals surface area (Å²) in [5, 5.41) is 15.5. The second kappa shape index (κ2) is 4.50. The van der Waals surface area contributed by atoms with Gasteiger partial charge in [0.05, 0.1) is 10.4 Å². The van der Waals surface area contributed by atoms with Gasteiger partial charge in [-0.3, -0.25) is 4.68 Å². The Morgan fingerprint density at radius 1 is 1.56 bits per heavy atom. The number of hydrogen-bond donors (Lipinski definition) is 0. The molecule has 0 fully saturated rings. The van der Waals surface area contributed by atoms with Crippen LogP contribution in [-0.4, -0.2) is 9.78 Å². The van der Waals surface area contributed by atoms with Gasteiger partial charge in [-0.1, -0.05) is 19.9 Å². The molecule has 4 heteroatoms. The Morgan fingerprint density at radius 3 is 2.94 bits per heavy atom. The van der Waals surface area contributed by atoms with Crippen molar-refractivity contribution in [1.29, 1.82) is 5.26 Å². The van der Waals surface area contributed by atoms with E-state index < -0.39 is 0 Å². The molecule has 82 valence electrons. The standard InChI is InChI=1S/C12H13N3S/c1-9(2)7-15-8-10(6-13)12(14-15)11-4-3-5-16-11/h3-5,8-9H,7H2,1-2H3. The number of nitrogens with zero attached hydrogens (tertiary/aromatic N) is 3. The second-order valence-corrected chi connectivity index (χ2v) is 5.04. The average molecular weight is 231 g/mol. The van der Waals surface area contributed by atoms with Gasteiger partial charge in [0.1, 0.15) is 11.8 Å². The SMILES string of the molecule is CC(C)Cn1cc(C#N)c(-c2cccs2)n1. The van der Waals surface area contributed by atoms with Gasteiger partial charge in [0, 0.05) is 12.7 Å². The highest BCUT2D eigenvalue weighted by Gasteiger charge is 2.11. The molecular weight excluding hydrogens is 218 g/mol. The van der Waals surface area contributed by atoms with Crippen molar-refractivity contribution in [3.05, 3.63) is 29.3 Å². The first-order valence-electron chi connectivity index (χ1n) is 5.22. The zero-order valence-electron chi connectivity index (χ0n) is 9.34. The average Bonchev–Trinajstić information content (AvgIpc) is 2.83. The Kier molecular flexibility index (Phi) is 3.07. The maximum Gasteiger partial charge on any atom is 0.120 e. The van der Waals surface area contributed by atoms with Gasteiger partial charge < -0.3 is 0 Å². The van der Waals surface area contributed by atoms with E-state index in [1.165, 1.54) is 0 Å². The van der Waals surface area contributed by atoms with Crippen molar-refractivity contribution in [2.75, 3.05) is 0 Å². The van der Waals surface area contributed by atoms with Crippen LogP contribution >= 0.6 is 11.3 Å². The molecule has 0 aliphatic rings. The second-order valence-electron chi connectivity index (χ2n) is 4.10. The molecule has 3 nitrogen and oxygen atoms in total. The lowest BCUT2D eigenvalue weighted by Crippen LogP contribution is -2.04. The van der Waals surface area contributed by atoms with E-state index in [1.54, 1.807) is 11.3 Å². The van der Waals surface area contributed by atoms with Crippen LogP contribution in [0.2, 0.25) is 0 Å². The van der Waals surface area contributed by atoms with Gasteiger partial charge in [0.2, 0.25) is 0 Å². The van der Waals surface area contributed by atoms with E-state index in [0.29, 0.717) is 11.5 Å². The fraction of sp³-hybridized carbons (Fsp3) is 0.333. The largest absolute Gasteiger partial charge is 0.270 e. The summed E-state index contributed by atoms with van der Waals surface area (Å²) in [6.45, 7) is 5.12. The molecule has 16 heavy (non-hydrogen) atoms. The first kappa shape index (κ1) is 10.9. The third-order valence-corrected chi connectivity index (χ3v) is 3.07. The van der Waals surface area contributed by atoms with Crippen molar-refractivity contribution in [3.63, 3.8) is 0 Å². The van der Waals surface area contributed by atoms with E-state index in [1.807, 2.05) is 28.4 Å². The zero-order chi connectivity index (χ0) is 11.5. The van der Waals surface area contributed by atoms with Gasteiger partial charge in [-0.15, -0.1) is 11.3 Å². The topological polar surface area (TPSA) is 41.6 Å². The van der Waals surface area contributed by atoms with Crippen LogP contribution in [0.25, 0.3) is 10.6 Å². The molecule has 0 unspecified atom stereocenters. The van der Waals surface area contributed by atoms with E-state index in [-0.39, 0.29) is 0 Å². The number of nitriles is 1. The summed E-state index contributed by atoms with van der Waals surface area (Å²) >= 11 is 1.61. The van der Waals surface area contributed by atoms with E-state index in [2.05, 4.69) is 25.0 Å². The van der Waals surface area contributed by atoms with Crippen LogP contribution in [0.15, 0.2) is 23.7 Å². The molecule has 2 heterocycles. The summed E-state index contributed by atoms with van der Waals surface area (Å²) < 4.78 is 1.86. The molecule has 2 rings (SSSR count). The van der Waals surface area contributed by atoms with Crippen LogP contribution in [0, 0.1) is 17.2 Å². The fourth-order valence-corrected chi connectivity index (χ4v) is 2.29. The lowest BCUT2D eigenvalue weighted by Gasteiger charge is -2.03. The van der Waals surface area contributed by atoms with Crippen LogP contribution in [0.1, 0.15) is 19.4 Å². The summed E-state index contributed by atoms with van der Waals surface area (Å²) in [4.78, 5) is 1.05. The fourth-order valence-electron chi connectivity index (χ4n) is 1.57. The third kappa shape index (κ3) is 2.15. The first-order chi connectivity index (χ1) is 7.70. The predicted molar refractivity (Wildman–Crippen MR) is 65.1 cm³/mol. The minimum atomic E-state index is 0.530. The van der Waals surface area contributed by atoms with Crippen LogP contribution in [0.3, 0.4) is 0 Å². The van der Waals surface area contributed by atoms with Gasteiger partial charge in [-0.05, 0) is 17.4 Å². The lowest BCUT2D eigenvalue weighted by molar-refractivity contribution is 0.484. The Balaban J connectivity index is 2.38. The highest BCUT2D eigenvalue weighted by Crippen LogP contribution is 2.26. The molecule has 0 aliphatic carbocycles. The molecule has 2 aromatic rings. The van der Waals surface area contributed by atoms with Gasteiger partial charge >= 0.3 is 0 Å². The van der Waals surface area contributed by atoms with Crippen LogP contribution in [0.5, 0.6) is 0 Å². The van der Waals surface area contributed by atoms with E-state index >= 15 is 0 Å². The number of thiophene rings is 1. The van der Waals surface area contributed by atoms with Crippen molar-refractivity contribution in [2.24, 2.45) is 5.92 Å².